The fourth-order valence-electron chi connectivity index (χ4n) is 2.13. The molecule has 0 aliphatic rings. The fraction of sp³-hybridized carbons (Fsp3) is 0.750. The number of amides is 1. The largest absolute Gasteiger partial charge is 0.464 e. The minimum atomic E-state index is -4.61. The van der Waals surface area contributed by atoms with Gasteiger partial charge in [-0.2, -0.15) is 13.2 Å². The third-order valence-corrected chi connectivity index (χ3v) is 3.30. The third kappa shape index (κ3) is 6.90. The van der Waals surface area contributed by atoms with Crippen molar-refractivity contribution in [2.75, 3.05) is 13.2 Å². The molecule has 1 amide bonds. The molecule has 0 heterocycles. The molecule has 0 aromatic carbocycles. The van der Waals surface area contributed by atoms with Gasteiger partial charge in [0.05, 0.1) is 6.61 Å². The zero-order valence-electron chi connectivity index (χ0n) is 14.8. The quantitative estimate of drug-likeness (QED) is 0.362. The van der Waals surface area contributed by atoms with Gasteiger partial charge in [0.2, 0.25) is 5.91 Å². The lowest BCUT2D eigenvalue weighted by Crippen LogP contribution is -2.51. The van der Waals surface area contributed by atoms with E-state index in [0.717, 1.165) is 11.8 Å². The van der Waals surface area contributed by atoms with E-state index in [4.69, 9.17) is 9.47 Å². The van der Waals surface area contributed by atoms with E-state index in [0.29, 0.717) is 12.5 Å². The summed E-state index contributed by atoms with van der Waals surface area (Å²) in [6.45, 7) is 7.79. The van der Waals surface area contributed by atoms with Crippen molar-refractivity contribution in [2.24, 2.45) is 0 Å². The maximum atomic E-state index is 12.7. The summed E-state index contributed by atoms with van der Waals surface area (Å²) in [5, 5.41) is 0. The van der Waals surface area contributed by atoms with Crippen LogP contribution in [0.25, 0.3) is 0 Å². The van der Waals surface area contributed by atoms with E-state index < -0.39 is 35.9 Å². The molecule has 0 rings (SSSR count). The van der Waals surface area contributed by atoms with Crippen LogP contribution in [0.15, 0.2) is 11.6 Å². The molecule has 0 fully saturated rings. The molecule has 0 saturated heterocycles. The van der Waals surface area contributed by atoms with Gasteiger partial charge >= 0.3 is 12.1 Å². The Hall–Kier alpha value is -1.57. The van der Waals surface area contributed by atoms with E-state index >= 15 is 0 Å². The monoisotopic (exact) mass is 353 g/mol. The topological polar surface area (TPSA) is 55.8 Å². The first kappa shape index (κ1) is 22.4. The summed E-state index contributed by atoms with van der Waals surface area (Å²) in [6.07, 6.45) is -4.17. The first-order valence-corrected chi connectivity index (χ1v) is 7.96. The van der Waals surface area contributed by atoms with Crippen LogP contribution < -0.4 is 0 Å². The van der Waals surface area contributed by atoms with Crippen LogP contribution in [0.3, 0.4) is 0 Å². The van der Waals surface area contributed by atoms with Crippen LogP contribution in [-0.4, -0.2) is 48.4 Å². The van der Waals surface area contributed by atoms with E-state index in [2.05, 4.69) is 0 Å². The van der Waals surface area contributed by atoms with Gasteiger partial charge in [-0.15, -0.1) is 0 Å². The van der Waals surface area contributed by atoms with E-state index in [1.165, 1.54) is 6.92 Å². The molecule has 0 aromatic heterocycles. The van der Waals surface area contributed by atoms with Crippen molar-refractivity contribution in [2.45, 2.75) is 65.9 Å². The van der Waals surface area contributed by atoms with Crippen molar-refractivity contribution in [1.82, 2.24) is 4.90 Å². The number of ether oxygens (including phenoxy) is 2. The van der Waals surface area contributed by atoms with Gasteiger partial charge in [-0.05, 0) is 34.1 Å². The molecule has 0 aliphatic heterocycles. The predicted octanol–water partition coefficient (Wildman–Crippen LogP) is 3.44. The zero-order chi connectivity index (χ0) is 18.9. The number of nitrogens with zero attached hydrogens (tertiary/aromatic N) is 1. The first-order valence-electron chi connectivity index (χ1n) is 7.96. The molecular weight excluding hydrogens is 327 g/mol. The highest BCUT2D eigenvalue weighted by atomic mass is 19.4. The fourth-order valence-corrected chi connectivity index (χ4v) is 2.13. The molecule has 2 atom stereocenters. The lowest BCUT2D eigenvalue weighted by atomic mass is 10.1. The third-order valence-electron chi connectivity index (χ3n) is 3.30. The van der Waals surface area contributed by atoms with Crippen LogP contribution in [0.1, 0.15) is 47.5 Å². The molecular formula is C16H26F3NO4. The molecule has 0 N–H and O–H groups in total. The van der Waals surface area contributed by atoms with Crippen LogP contribution in [0.5, 0.6) is 0 Å². The second kappa shape index (κ2) is 10.3. The van der Waals surface area contributed by atoms with Crippen molar-refractivity contribution in [3.05, 3.63) is 11.6 Å². The first-order chi connectivity index (χ1) is 11.1. The number of carbonyl (C=O) groups is 2. The highest BCUT2D eigenvalue weighted by Crippen LogP contribution is 2.25. The van der Waals surface area contributed by atoms with Gasteiger partial charge in [0.25, 0.3) is 0 Å². The molecule has 0 saturated carbocycles. The maximum absolute atomic E-state index is 12.7. The molecule has 0 spiro atoms. The van der Waals surface area contributed by atoms with E-state index in [9.17, 15) is 22.8 Å². The summed E-state index contributed by atoms with van der Waals surface area (Å²) >= 11 is 0. The molecule has 8 heteroatoms. The van der Waals surface area contributed by atoms with E-state index in [1.807, 2.05) is 0 Å². The van der Waals surface area contributed by atoms with Crippen LogP contribution in [0, 0.1) is 0 Å². The standard InChI is InChI=1S/C16H26F3NO4/c1-6-9-13(15(22)24-8-3)20(12(5)23-7-2)14(21)10-11(4)16(17,18)19/h10,12-13H,6-9H2,1-5H3/b11-10+. The SMILES string of the molecule is CCCC(C(=O)OCC)N(C(=O)/C=C(\C)C(F)(F)F)C(C)OCC. The Morgan fingerprint density at radius 1 is 1.17 bits per heavy atom. The molecule has 0 aromatic rings. The number of allylic oxidation sites excluding steroid dienone is 1. The van der Waals surface area contributed by atoms with Gasteiger partial charge in [-0.25, -0.2) is 4.79 Å². The van der Waals surface area contributed by atoms with Crippen LogP contribution >= 0.6 is 0 Å². The normalized spacial score (nSPS) is 14.9. The highest BCUT2D eigenvalue weighted by Gasteiger charge is 2.36. The van der Waals surface area contributed by atoms with Gasteiger partial charge in [-0.1, -0.05) is 13.3 Å². The Kier molecular flexibility index (Phi) is 9.65. The summed E-state index contributed by atoms with van der Waals surface area (Å²) in [4.78, 5) is 25.6. The smallest absolute Gasteiger partial charge is 0.412 e. The second-order valence-corrected chi connectivity index (χ2v) is 5.18. The van der Waals surface area contributed by atoms with Crippen molar-refractivity contribution in [3.63, 3.8) is 0 Å². The van der Waals surface area contributed by atoms with Crippen molar-refractivity contribution in [1.29, 1.82) is 0 Å². The summed E-state index contributed by atoms with van der Waals surface area (Å²) in [7, 11) is 0. The Bertz CT molecular complexity index is 449. The summed E-state index contributed by atoms with van der Waals surface area (Å²) in [6, 6.07) is -0.999. The van der Waals surface area contributed by atoms with Crippen molar-refractivity contribution in [3.8, 4) is 0 Å². The lowest BCUT2D eigenvalue weighted by molar-refractivity contribution is -0.164. The minimum absolute atomic E-state index is 0.113. The van der Waals surface area contributed by atoms with Crippen LogP contribution in [-0.2, 0) is 19.1 Å². The Morgan fingerprint density at radius 2 is 1.75 bits per heavy atom. The van der Waals surface area contributed by atoms with Crippen LogP contribution in [0.4, 0.5) is 13.2 Å². The van der Waals surface area contributed by atoms with Gasteiger partial charge < -0.3 is 9.47 Å². The maximum Gasteiger partial charge on any atom is 0.412 e. The molecule has 24 heavy (non-hydrogen) atoms. The van der Waals surface area contributed by atoms with E-state index in [1.54, 1.807) is 20.8 Å². The average Bonchev–Trinajstić information content (AvgIpc) is 2.46. The molecule has 2 unspecified atom stereocenters. The molecule has 5 nitrogen and oxygen atoms in total. The summed E-state index contributed by atoms with van der Waals surface area (Å²) < 4.78 is 48.4. The minimum Gasteiger partial charge on any atom is -0.464 e. The average molecular weight is 353 g/mol. The van der Waals surface area contributed by atoms with Crippen molar-refractivity contribution < 1.29 is 32.2 Å². The van der Waals surface area contributed by atoms with Gasteiger partial charge in [-0.3, -0.25) is 9.69 Å². The highest BCUT2D eigenvalue weighted by molar-refractivity contribution is 5.92. The lowest BCUT2D eigenvalue weighted by Gasteiger charge is -2.34. The molecule has 0 aliphatic carbocycles. The number of hydrogen-bond acceptors (Lipinski definition) is 4. The van der Waals surface area contributed by atoms with Crippen molar-refractivity contribution >= 4 is 11.9 Å². The van der Waals surface area contributed by atoms with Gasteiger partial charge in [0.1, 0.15) is 12.3 Å². The number of alkyl halides is 3. The predicted molar refractivity (Wildman–Crippen MR) is 83.1 cm³/mol. The molecule has 0 bridgehead atoms. The second-order valence-electron chi connectivity index (χ2n) is 5.18. The van der Waals surface area contributed by atoms with E-state index in [-0.39, 0.29) is 19.6 Å². The number of carbonyl (C=O) groups excluding carboxylic acids is 2. The molecule has 0 radical (unpaired) electrons. The number of hydrogen-bond donors (Lipinski definition) is 0. The Balaban J connectivity index is 5.70. The zero-order valence-corrected chi connectivity index (χ0v) is 14.8. The summed E-state index contributed by atoms with van der Waals surface area (Å²) in [5.41, 5.74) is -1.04. The van der Waals surface area contributed by atoms with Gasteiger partial charge in [0, 0.05) is 18.3 Å². The Morgan fingerprint density at radius 3 is 2.17 bits per heavy atom. The Labute approximate surface area is 140 Å². The number of esters is 1. The summed E-state index contributed by atoms with van der Waals surface area (Å²) in [5.74, 6) is -1.59. The van der Waals surface area contributed by atoms with Gasteiger partial charge in [0.15, 0.2) is 0 Å². The molecule has 140 valence electrons. The van der Waals surface area contributed by atoms with Crippen LogP contribution in [0.2, 0.25) is 0 Å². The number of rotatable bonds is 9. The number of halogens is 3.